The van der Waals surface area contributed by atoms with Gasteiger partial charge in [0.1, 0.15) is 12.4 Å². The molecule has 0 fully saturated rings. The standard InChI is InChI=1S/C10H11N5O2/c16-10(17)3-2-8-6-15(14-13-8)7-9-11-4-1-5-12-9/h1,4-6H,2-3,7H2,(H,16,17). The van der Waals surface area contributed by atoms with Crippen LogP contribution in [0.2, 0.25) is 0 Å². The van der Waals surface area contributed by atoms with Crippen molar-refractivity contribution in [3.63, 3.8) is 0 Å². The molecule has 0 unspecified atom stereocenters. The molecular weight excluding hydrogens is 222 g/mol. The summed E-state index contributed by atoms with van der Waals surface area (Å²) in [6.07, 6.45) is 5.46. The zero-order valence-corrected chi connectivity index (χ0v) is 9.02. The smallest absolute Gasteiger partial charge is 0.303 e. The molecule has 88 valence electrons. The molecule has 7 nitrogen and oxygen atoms in total. The molecule has 0 saturated heterocycles. The first-order chi connectivity index (χ1) is 8.24. The number of nitrogens with zero attached hydrogens (tertiary/aromatic N) is 5. The Bertz CT molecular complexity index is 496. The number of aryl methyl sites for hydroxylation is 1. The summed E-state index contributed by atoms with van der Waals surface area (Å²) in [5.41, 5.74) is 0.656. The monoisotopic (exact) mass is 233 g/mol. The van der Waals surface area contributed by atoms with E-state index < -0.39 is 5.97 Å². The van der Waals surface area contributed by atoms with E-state index in [4.69, 9.17) is 5.11 Å². The maximum absolute atomic E-state index is 10.4. The fraction of sp³-hybridized carbons (Fsp3) is 0.300. The Morgan fingerprint density at radius 1 is 1.35 bits per heavy atom. The minimum absolute atomic E-state index is 0.0561. The lowest BCUT2D eigenvalue weighted by molar-refractivity contribution is -0.136. The Morgan fingerprint density at radius 2 is 2.12 bits per heavy atom. The molecule has 0 saturated carbocycles. The average molecular weight is 233 g/mol. The van der Waals surface area contributed by atoms with E-state index in [-0.39, 0.29) is 6.42 Å². The molecule has 2 aromatic rings. The van der Waals surface area contributed by atoms with Crippen molar-refractivity contribution < 1.29 is 9.90 Å². The van der Waals surface area contributed by atoms with E-state index >= 15 is 0 Å². The Balaban J connectivity index is 1.97. The van der Waals surface area contributed by atoms with Gasteiger partial charge in [0.25, 0.3) is 0 Å². The maximum atomic E-state index is 10.4. The van der Waals surface area contributed by atoms with E-state index in [9.17, 15) is 4.79 Å². The summed E-state index contributed by atoms with van der Waals surface area (Å²) in [5.74, 6) is -0.201. The van der Waals surface area contributed by atoms with Crippen LogP contribution in [-0.2, 0) is 17.8 Å². The third kappa shape index (κ3) is 3.33. The van der Waals surface area contributed by atoms with Gasteiger partial charge in [0.2, 0.25) is 0 Å². The van der Waals surface area contributed by atoms with Gasteiger partial charge in [0.15, 0.2) is 0 Å². The number of hydrogen-bond donors (Lipinski definition) is 1. The molecule has 0 aromatic carbocycles. The summed E-state index contributed by atoms with van der Waals surface area (Å²) < 4.78 is 1.59. The molecule has 2 aromatic heterocycles. The molecule has 7 heteroatoms. The molecule has 0 aliphatic heterocycles. The van der Waals surface area contributed by atoms with E-state index in [0.29, 0.717) is 24.5 Å². The summed E-state index contributed by atoms with van der Waals surface area (Å²) in [4.78, 5) is 18.5. The van der Waals surface area contributed by atoms with Gasteiger partial charge in [-0.3, -0.25) is 4.79 Å². The summed E-state index contributed by atoms with van der Waals surface area (Å²) >= 11 is 0. The molecule has 0 bridgehead atoms. The summed E-state index contributed by atoms with van der Waals surface area (Å²) in [6, 6.07) is 1.74. The fourth-order valence-corrected chi connectivity index (χ4v) is 1.32. The first-order valence-corrected chi connectivity index (χ1v) is 5.11. The molecule has 1 N–H and O–H groups in total. The molecule has 2 rings (SSSR count). The van der Waals surface area contributed by atoms with Crippen LogP contribution in [0.15, 0.2) is 24.7 Å². The Kier molecular flexibility index (Phi) is 3.39. The highest BCUT2D eigenvalue weighted by Gasteiger charge is 2.05. The topological polar surface area (TPSA) is 93.8 Å². The van der Waals surface area contributed by atoms with Gasteiger partial charge in [-0.1, -0.05) is 5.21 Å². The predicted molar refractivity (Wildman–Crippen MR) is 57.1 cm³/mol. The third-order valence-electron chi connectivity index (χ3n) is 2.10. The third-order valence-corrected chi connectivity index (χ3v) is 2.10. The number of rotatable bonds is 5. The quantitative estimate of drug-likeness (QED) is 0.789. The van der Waals surface area contributed by atoms with Crippen molar-refractivity contribution in [1.29, 1.82) is 0 Å². The lowest BCUT2D eigenvalue weighted by Gasteiger charge is -1.97. The van der Waals surface area contributed by atoms with Crippen LogP contribution in [0, 0.1) is 0 Å². The van der Waals surface area contributed by atoms with Gasteiger partial charge in [0.05, 0.1) is 12.1 Å². The van der Waals surface area contributed by atoms with Crippen molar-refractivity contribution in [2.24, 2.45) is 0 Å². The molecule has 2 heterocycles. The van der Waals surface area contributed by atoms with Crippen LogP contribution in [0.3, 0.4) is 0 Å². The van der Waals surface area contributed by atoms with E-state index in [1.165, 1.54) is 0 Å². The van der Waals surface area contributed by atoms with E-state index in [1.807, 2.05) is 0 Å². The lowest BCUT2D eigenvalue weighted by Crippen LogP contribution is -2.04. The van der Waals surface area contributed by atoms with Crippen molar-refractivity contribution in [2.75, 3.05) is 0 Å². The second kappa shape index (κ2) is 5.15. The fourth-order valence-electron chi connectivity index (χ4n) is 1.32. The molecule has 17 heavy (non-hydrogen) atoms. The number of carboxylic acids is 1. The number of aliphatic carboxylic acids is 1. The Hall–Kier alpha value is -2.31. The lowest BCUT2D eigenvalue weighted by atomic mass is 10.2. The van der Waals surface area contributed by atoms with Gasteiger partial charge in [-0.25, -0.2) is 14.6 Å². The van der Waals surface area contributed by atoms with Gasteiger partial charge < -0.3 is 5.11 Å². The molecule has 0 amide bonds. The highest BCUT2D eigenvalue weighted by molar-refractivity contribution is 5.66. The van der Waals surface area contributed by atoms with Crippen molar-refractivity contribution >= 4 is 5.97 Å². The Labute approximate surface area is 97.1 Å². The minimum Gasteiger partial charge on any atom is -0.481 e. The molecule has 0 spiro atoms. The van der Waals surface area contributed by atoms with Crippen LogP contribution in [-0.4, -0.2) is 36.0 Å². The summed E-state index contributed by atoms with van der Waals surface area (Å²) in [5, 5.41) is 16.3. The zero-order valence-electron chi connectivity index (χ0n) is 9.02. The van der Waals surface area contributed by atoms with E-state index in [1.54, 1.807) is 29.3 Å². The van der Waals surface area contributed by atoms with Crippen LogP contribution >= 0.6 is 0 Å². The highest BCUT2D eigenvalue weighted by Crippen LogP contribution is 2.00. The van der Waals surface area contributed by atoms with Crippen LogP contribution in [0.4, 0.5) is 0 Å². The van der Waals surface area contributed by atoms with Gasteiger partial charge in [-0.15, -0.1) is 5.10 Å². The molecule has 0 aliphatic carbocycles. The largest absolute Gasteiger partial charge is 0.481 e. The first-order valence-electron chi connectivity index (χ1n) is 5.11. The second-order valence-electron chi connectivity index (χ2n) is 3.47. The molecule has 0 aliphatic rings. The number of carboxylic acid groups (broad SMARTS) is 1. The van der Waals surface area contributed by atoms with Crippen molar-refractivity contribution in [3.05, 3.63) is 36.2 Å². The SMILES string of the molecule is O=C(O)CCc1cn(Cc2ncccn2)nn1. The van der Waals surface area contributed by atoms with Gasteiger partial charge >= 0.3 is 5.97 Å². The van der Waals surface area contributed by atoms with Gasteiger partial charge in [0, 0.05) is 25.0 Å². The summed E-state index contributed by atoms with van der Waals surface area (Å²) in [7, 11) is 0. The normalized spacial score (nSPS) is 10.4. The van der Waals surface area contributed by atoms with Crippen molar-refractivity contribution in [1.82, 2.24) is 25.0 Å². The van der Waals surface area contributed by atoms with Crippen molar-refractivity contribution in [2.45, 2.75) is 19.4 Å². The van der Waals surface area contributed by atoms with E-state index in [2.05, 4.69) is 20.3 Å². The first kappa shape index (κ1) is 11.2. The van der Waals surface area contributed by atoms with Crippen molar-refractivity contribution in [3.8, 4) is 0 Å². The number of aromatic nitrogens is 5. The van der Waals surface area contributed by atoms with Crippen LogP contribution in [0.25, 0.3) is 0 Å². The Morgan fingerprint density at radius 3 is 2.82 bits per heavy atom. The predicted octanol–water partition coefficient (Wildman–Crippen LogP) is 0.134. The second-order valence-corrected chi connectivity index (χ2v) is 3.47. The molecule has 0 radical (unpaired) electrons. The molecular formula is C10H11N5O2. The maximum Gasteiger partial charge on any atom is 0.303 e. The van der Waals surface area contributed by atoms with Crippen LogP contribution in [0.1, 0.15) is 17.9 Å². The zero-order chi connectivity index (χ0) is 12.1. The van der Waals surface area contributed by atoms with Crippen LogP contribution < -0.4 is 0 Å². The average Bonchev–Trinajstić information content (AvgIpc) is 2.75. The van der Waals surface area contributed by atoms with Crippen LogP contribution in [0.5, 0.6) is 0 Å². The highest BCUT2D eigenvalue weighted by atomic mass is 16.4. The van der Waals surface area contributed by atoms with E-state index in [0.717, 1.165) is 0 Å². The minimum atomic E-state index is -0.842. The number of carbonyl (C=O) groups is 1. The van der Waals surface area contributed by atoms with Gasteiger partial charge in [-0.2, -0.15) is 0 Å². The van der Waals surface area contributed by atoms with Gasteiger partial charge in [-0.05, 0) is 6.07 Å². The number of hydrogen-bond acceptors (Lipinski definition) is 5. The summed E-state index contributed by atoms with van der Waals surface area (Å²) in [6.45, 7) is 0.431. The molecule has 0 atom stereocenters.